The zero-order valence-electron chi connectivity index (χ0n) is 7.71. The third-order valence-electron chi connectivity index (χ3n) is 2.59. The molecule has 0 radical (unpaired) electrons. The number of hydrogen-bond donors (Lipinski definition) is 1. The van der Waals surface area contributed by atoms with Crippen molar-refractivity contribution in [2.24, 2.45) is 5.92 Å². The molecule has 1 saturated carbocycles. The normalized spacial score (nSPS) is 18.2. The van der Waals surface area contributed by atoms with Crippen LogP contribution in [0.15, 0.2) is 18.2 Å². The van der Waals surface area contributed by atoms with Gasteiger partial charge in [-0.15, -0.1) is 0 Å². The fourth-order valence-corrected chi connectivity index (χ4v) is 2.27. The molecular formula is C11H12Cl2O. The van der Waals surface area contributed by atoms with Crippen molar-refractivity contribution in [3.05, 3.63) is 33.8 Å². The van der Waals surface area contributed by atoms with Crippen molar-refractivity contribution in [2.75, 3.05) is 0 Å². The van der Waals surface area contributed by atoms with E-state index in [-0.39, 0.29) is 0 Å². The Kier molecular flexibility index (Phi) is 3.01. The van der Waals surface area contributed by atoms with Crippen molar-refractivity contribution in [3.8, 4) is 0 Å². The summed E-state index contributed by atoms with van der Waals surface area (Å²) in [6, 6.07) is 5.32. The van der Waals surface area contributed by atoms with Gasteiger partial charge in [0.2, 0.25) is 0 Å². The molecule has 1 nitrogen and oxygen atoms in total. The van der Waals surface area contributed by atoms with Gasteiger partial charge in [0.15, 0.2) is 0 Å². The van der Waals surface area contributed by atoms with Crippen molar-refractivity contribution in [3.63, 3.8) is 0 Å². The fourth-order valence-electron chi connectivity index (χ4n) is 1.62. The molecule has 0 saturated heterocycles. The highest BCUT2D eigenvalue weighted by Gasteiger charge is 2.27. The maximum absolute atomic E-state index is 9.92. The molecule has 1 unspecified atom stereocenters. The second kappa shape index (κ2) is 4.09. The molecule has 1 aromatic carbocycles. The van der Waals surface area contributed by atoms with Crippen LogP contribution in [0.4, 0.5) is 0 Å². The van der Waals surface area contributed by atoms with Crippen LogP contribution in [0.5, 0.6) is 0 Å². The molecule has 1 aromatic rings. The lowest BCUT2D eigenvalue weighted by atomic mass is 10.0. The van der Waals surface area contributed by atoms with E-state index < -0.39 is 6.10 Å². The summed E-state index contributed by atoms with van der Waals surface area (Å²) in [5.74, 6) is 0.664. The summed E-state index contributed by atoms with van der Waals surface area (Å²) in [4.78, 5) is 0. The van der Waals surface area contributed by atoms with Crippen LogP contribution in [0.2, 0.25) is 10.0 Å². The molecule has 1 N–H and O–H groups in total. The molecule has 3 heteroatoms. The molecule has 1 aliphatic rings. The highest BCUT2D eigenvalue weighted by Crippen LogP contribution is 2.40. The molecule has 2 rings (SSSR count). The van der Waals surface area contributed by atoms with Crippen LogP contribution >= 0.6 is 23.2 Å². The van der Waals surface area contributed by atoms with E-state index >= 15 is 0 Å². The topological polar surface area (TPSA) is 20.2 Å². The van der Waals surface area contributed by atoms with Gasteiger partial charge in [0, 0.05) is 15.6 Å². The minimum absolute atomic E-state index is 0.510. The maximum atomic E-state index is 9.92. The van der Waals surface area contributed by atoms with E-state index in [4.69, 9.17) is 23.2 Å². The highest BCUT2D eigenvalue weighted by molar-refractivity contribution is 6.36. The molecular weight excluding hydrogens is 219 g/mol. The van der Waals surface area contributed by atoms with Gasteiger partial charge >= 0.3 is 0 Å². The first kappa shape index (κ1) is 10.3. The SMILES string of the molecule is OC(CC1CC1)c1c(Cl)cccc1Cl. The number of aliphatic hydroxyl groups is 1. The van der Waals surface area contributed by atoms with E-state index in [0.717, 1.165) is 6.42 Å². The van der Waals surface area contributed by atoms with Crippen molar-refractivity contribution < 1.29 is 5.11 Å². The van der Waals surface area contributed by atoms with Gasteiger partial charge in [0.05, 0.1) is 6.10 Å². The van der Waals surface area contributed by atoms with Crippen LogP contribution in [-0.2, 0) is 0 Å². The first-order chi connectivity index (χ1) is 6.68. The minimum Gasteiger partial charge on any atom is -0.388 e. The Hall–Kier alpha value is -0.240. The zero-order chi connectivity index (χ0) is 10.1. The molecule has 0 bridgehead atoms. The average molecular weight is 231 g/mol. The standard InChI is InChI=1S/C11H12Cl2O/c12-8-2-1-3-9(13)11(8)10(14)6-7-4-5-7/h1-3,7,10,14H,4-6H2. The molecule has 0 aliphatic heterocycles. The van der Waals surface area contributed by atoms with E-state index in [1.807, 2.05) is 0 Å². The quantitative estimate of drug-likeness (QED) is 0.838. The van der Waals surface area contributed by atoms with Crippen molar-refractivity contribution in [2.45, 2.75) is 25.4 Å². The fraction of sp³-hybridized carbons (Fsp3) is 0.455. The summed E-state index contributed by atoms with van der Waals surface area (Å²) in [6.45, 7) is 0. The van der Waals surface area contributed by atoms with Crippen molar-refractivity contribution >= 4 is 23.2 Å². The van der Waals surface area contributed by atoms with Crippen LogP contribution in [0, 0.1) is 5.92 Å². The largest absolute Gasteiger partial charge is 0.388 e. The number of aliphatic hydroxyl groups excluding tert-OH is 1. The summed E-state index contributed by atoms with van der Waals surface area (Å²) in [5.41, 5.74) is 0.683. The minimum atomic E-state index is -0.510. The molecule has 1 atom stereocenters. The predicted octanol–water partition coefficient (Wildman–Crippen LogP) is 3.83. The van der Waals surface area contributed by atoms with Crippen LogP contribution in [0.25, 0.3) is 0 Å². The Labute approximate surface area is 93.7 Å². The first-order valence-corrected chi connectivity index (χ1v) is 5.56. The van der Waals surface area contributed by atoms with Gasteiger partial charge in [-0.1, -0.05) is 42.1 Å². The third kappa shape index (κ3) is 2.22. The Balaban J connectivity index is 2.19. The Morgan fingerprint density at radius 1 is 1.29 bits per heavy atom. The van der Waals surface area contributed by atoms with Gasteiger partial charge in [-0.25, -0.2) is 0 Å². The average Bonchev–Trinajstić information content (AvgIpc) is 2.87. The molecule has 76 valence electrons. The van der Waals surface area contributed by atoms with Gasteiger partial charge in [-0.05, 0) is 24.5 Å². The Morgan fingerprint density at radius 3 is 2.36 bits per heavy atom. The number of rotatable bonds is 3. The van der Waals surface area contributed by atoms with Crippen LogP contribution in [0.3, 0.4) is 0 Å². The second-order valence-corrected chi connectivity index (χ2v) is 4.64. The molecule has 0 amide bonds. The Morgan fingerprint density at radius 2 is 1.86 bits per heavy atom. The smallest absolute Gasteiger partial charge is 0.0821 e. The summed E-state index contributed by atoms with van der Waals surface area (Å²) in [7, 11) is 0. The van der Waals surface area contributed by atoms with Gasteiger partial charge in [0.1, 0.15) is 0 Å². The van der Waals surface area contributed by atoms with E-state index in [1.165, 1.54) is 12.8 Å². The summed E-state index contributed by atoms with van der Waals surface area (Å²) in [5, 5.41) is 11.0. The van der Waals surface area contributed by atoms with E-state index in [0.29, 0.717) is 21.5 Å². The Bertz CT molecular complexity index is 314. The lowest BCUT2D eigenvalue weighted by molar-refractivity contribution is 0.160. The summed E-state index contributed by atoms with van der Waals surface area (Å²) < 4.78 is 0. The molecule has 0 spiro atoms. The second-order valence-electron chi connectivity index (χ2n) is 3.83. The van der Waals surface area contributed by atoms with Crippen molar-refractivity contribution in [1.29, 1.82) is 0 Å². The predicted molar refractivity (Wildman–Crippen MR) is 58.8 cm³/mol. The van der Waals surface area contributed by atoms with Crippen LogP contribution in [0.1, 0.15) is 30.9 Å². The van der Waals surface area contributed by atoms with Crippen LogP contribution in [-0.4, -0.2) is 5.11 Å². The van der Waals surface area contributed by atoms with E-state index in [9.17, 15) is 5.11 Å². The molecule has 1 aliphatic carbocycles. The third-order valence-corrected chi connectivity index (χ3v) is 3.25. The summed E-state index contributed by atoms with van der Waals surface area (Å²) >= 11 is 12.0. The molecule has 0 heterocycles. The van der Waals surface area contributed by atoms with Gasteiger partial charge in [0.25, 0.3) is 0 Å². The van der Waals surface area contributed by atoms with Gasteiger partial charge in [-0.3, -0.25) is 0 Å². The van der Waals surface area contributed by atoms with E-state index in [1.54, 1.807) is 18.2 Å². The highest BCUT2D eigenvalue weighted by atomic mass is 35.5. The number of hydrogen-bond acceptors (Lipinski definition) is 1. The van der Waals surface area contributed by atoms with Crippen LogP contribution < -0.4 is 0 Å². The van der Waals surface area contributed by atoms with Gasteiger partial charge in [-0.2, -0.15) is 0 Å². The first-order valence-electron chi connectivity index (χ1n) is 4.80. The van der Waals surface area contributed by atoms with Gasteiger partial charge < -0.3 is 5.11 Å². The molecule has 14 heavy (non-hydrogen) atoms. The monoisotopic (exact) mass is 230 g/mol. The van der Waals surface area contributed by atoms with E-state index in [2.05, 4.69) is 0 Å². The summed E-state index contributed by atoms with van der Waals surface area (Å²) in [6.07, 6.45) is 2.71. The lowest BCUT2D eigenvalue weighted by Gasteiger charge is -2.13. The zero-order valence-corrected chi connectivity index (χ0v) is 9.22. The van der Waals surface area contributed by atoms with Crippen molar-refractivity contribution in [1.82, 2.24) is 0 Å². The maximum Gasteiger partial charge on any atom is 0.0821 e. The lowest BCUT2D eigenvalue weighted by Crippen LogP contribution is -2.00. The number of benzene rings is 1. The molecule has 0 aromatic heterocycles. The molecule has 1 fully saturated rings. The number of halogens is 2.